The first-order valence-corrected chi connectivity index (χ1v) is 21.9. The Morgan fingerprint density at radius 3 is 1.22 bits per heavy atom. The molecule has 0 spiro atoms. The summed E-state index contributed by atoms with van der Waals surface area (Å²) in [5.74, 6) is 0. The minimum Gasteiger partial charge on any atom is -0.0616 e. The first kappa shape index (κ1) is 30.1. The zero-order valence-electron chi connectivity index (χ0n) is 44.4. The molecule has 0 aliphatic heterocycles. The summed E-state index contributed by atoms with van der Waals surface area (Å²) in [4.78, 5) is 0. The Hall–Kier alpha value is -7.02. The quantitative estimate of drug-likeness (QED) is 0.123. The van der Waals surface area contributed by atoms with Crippen molar-refractivity contribution in [3.05, 3.63) is 205 Å². The van der Waals surface area contributed by atoms with Gasteiger partial charge in [-0.05, 0) is 143 Å². The summed E-state index contributed by atoms with van der Waals surface area (Å²) >= 11 is 0. The molecule has 0 nitrogen and oxygen atoms in total. The first-order chi connectivity index (χ1) is 33.9. The lowest BCUT2D eigenvalue weighted by Gasteiger charge is -2.44. The van der Waals surface area contributed by atoms with Crippen molar-refractivity contribution in [1.29, 1.82) is 0 Å². The van der Waals surface area contributed by atoms with Crippen molar-refractivity contribution in [2.45, 2.75) is 52.4 Å². The van der Waals surface area contributed by atoms with E-state index in [4.69, 9.17) is 5.48 Å². The monoisotopic (exact) mass is 814 g/mol. The molecule has 0 N–H and O–H groups in total. The van der Waals surface area contributed by atoms with Crippen LogP contribution in [0.4, 0.5) is 0 Å². The van der Waals surface area contributed by atoms with Gasteiger partial charge in [-0.15, -0.1) is 0 Å². The van der Waals surface area contributed by atoms with Crippen molar-refractivity contribution in [3.8, 4) is 44.5 Å². The van der Waals surface area contributed by atoms with Crippen LogP contribution < -0.4 is 0 Å². The molecule has 302 valence electrons. The summed E-state index contributed by atoms with van der Waals surface area (Å²) in [6.45, 7) is 13.5. The molecule has 0 saturated carbocycles. The smallest absolute Gasteiger partial charge is 0.0616 e. The second-order valence-electron chi connectivity index (χ2n) is 19.0. The van der Waals surface area contributed by atoms with Crippen LogP contribution >= 0.6 is 0 Å². The summed E-state index contributed by atoms with van der Waals surface area (Å²) in [6, 6.07) is 47.9. The van der Waals surface area contributed by atoms with Crippen LogP contribution in [0.5, 0.6) is 0 Å². The van der Waals surface area contributed by atoms with E-state index < -0.39 is 24.2 Å². The van der Waals surface area contributed by atoms with E-state index in [2.05, 4.69) is 157 Å². The van der Waals surface area contributed by atoms with E-state index in [1.54, 1.807) is 0 Å². The predicted octanol–water partition coefficient (Wildman–Crippen LogP) is 17.9. The predicted molar refractivity (Wildman–Crippen MR) is 273 cm³/mol. The second kappa shape index (κ2) is 13.5. The first-order valence-electron chi connectivity index (χ1n) is 25.9. The van der Waals surface area contributed by atoms with Crippen LogP contribution in [0.3, 0.4) is 0 Å². The molecule has 0 amide bonds. The minimum atomic E-state index is -0.415. The Labute approximate surface area is 381 Å². The summed E-state index contributed by atoms with van der Waals surface area (Å²) in [5, 5.41) is 9.94. The highest BCUT2D eigenvalue weighted by Gasteiger charge is 2.56. The van der Waals surface area contributed by atoms with E-state index in [0.29, 0.717) is 22.3 Å². The zero-order valence-corrected chi connectivity index (χ0v) is 36.4. The molecule has 11 aromatic carbocycles. The maximum atomic E-state index is 9.62. The minimum absolute atomic E-state index is 0.166. The van der Waals surface area contributed by atoms with E-state index >= 15 is 0 Å². The van der Waals surface area contributed by atoms with Gasteiger partial charge in [0, 0.05) is 0 Å². The molecule has 0 unspecified atom stereocenters. The van der Waals surface area contributed by atoms with E-state index in [9.17, 15) is 5.48 Å². The summed E-state index contributed by atoms with van der Waals surface area (Å²) in [5.41, 5.74) is 7.78. The lowest BCUT2D eigenvalue weighted by atomic mass is 9.59. The Balaban J connectivity index is 1.14. The van der Waals surface area contributed by atoms with Gasteiger partial charge in [0.15, 0.2) is 0 Å². The van der Waals surface area contributed by atoms with Gasteiger partial charge in [-0.2, -0.15) is 0 Å². The Kier molecular flexibility index (Phi) is 6.44. The summed E-state index contributed by atoms with van der Waals surface area (Å²) in [7, 11) is 0. The number of rotatable bonds is 4. The maximum absolute atomic E-state index is 9.62. The lowest BCUT2D eigenvalue weighted by molar-refractivity contribution is 0.125. The SMILES string of the molecule is [2H]c1c([2H])c([2H])c2c(-c3ccc4c(c3)C(C)(C)C(C)(C)C4(C)C)c3c([2H])c([2H])c([2H])c([2H])c3c(-c3ccc(-c4c5ccccc5c(-c5cc6ccccc6c6ccccc56)c5ccccc45)cc3)c2c1[2H]. The molecule has 1 aliphatic rings. The molecule has 12 rings (SSSR count). The van der Waals surface area contributed by atoms with Gasteiger partial charge in [-0.3, -0.25) is 0 Å². The second-order valence-corrected chi connectivity index (χ2v) is 19.0. The van der Waals surface area contributed by atoms with Crippen molar-refractivity contribution in [2.24, 2.45) is 5.41 Å². The molecular formula is C63H50. The van der Waals surface area contributed by atoms with Crippen molar-refractivity contribution < 1.29 is 11.0 Å². The molecule has 11 aromatic rings. The third kappa shape index (κ3) is 5.22. The van der Waals surface area contributed by atoms with Crippen LogP contribution in [0, 0.1) is 5.41 Å². The van der Waals surface area contributed by atoms with Gasteiger partial charge in [0.25, 0.3) is 0 Å². The van der Waals surface area contributed by atoms with Crippen LogP contribution in [-0.2, 0) is 10.8 Å². The van der Waals surface area contributed by atoms with Gasteiger partial charge in [0.1, 0.15) is 0 Å². The van der Waals surface area contributed by atoms with Gasteiger partial charge in [0.05, 0.1) is 11.0 Å². The van der Waals surface area contributed by atoms with Crippen molar-refractivity contribution in [1.82, 2.24) is 0 Å². The van der Waals surface area contributed by atoms with E-state index in [1.807, 2.05) is 30.3 Å². The van der Waals surface area contributed by atoms with Crippen molar-refractivity contribution in [2.75, 3.05) is 0 Å². The topological polar surface area (TPSA) is 0 Å². The summed E-state index contributed by atoms with van der Waals surface area (Å²) in [6.07, 6.45) is 0. The molecule has 63 heavy (non-hydrogen) atoms. The van der Waals surface area contributed by atoms with Gasteiger partial charge >= 0.3 is 0 Å². The fraction of sp³-hybridized carbons (Fsp3) is 0.143. The number of hydrogen-bond donors (Lipinski definition) is 0. The van der Waals surface area contributed by atoms with Crippen LogP contribution in [0.2, 0.25) is 0 Å². The molecule has 0 radical (unpaired) electrons. The van der Waals surface area contributed by atoms with Crippen molar-refractivity contribution >= 4 is 64.6 Å². The molecule has 0 atom stereocenters. The number of benzene rings is 11. The number of fused-ring (bicyclic) bond motifs is 8. The molecule has 0 heterocycles. The fourth-order valence-corrected chi connectivity index (χ4v) is 11.2. The van der Waals surface area contributed by atoms with Gasteiger partial charge in [-0.1, -0.05) is 229 Å². The molecule has 0 fully saturated rings. The molecule has 0 saturated heterocycles. The van der Waals surface area contributed by atoms with Gasteiger partial charge in [0.2, 0.25) is 0 Å². The summed E-state index contributed by atoms with van der Waals surface area (Å²) < 4.78 is 74.6. The van der Waals surface area contributed by atoms with Crippen LogP contribution in [0.1, 0.15) is 63.6 Å². The maximum Gasteiger partial charge on any atom is 0.0629 e. The van der Waals surface area contributed by atoms with Gasteiger partial charge < -0.3 is 0 Å². The van der Waals surface area contributed by atoms with Gasteiger partial charge in [-0.25, -0.2) is 0 Å². The highest BCUT2D eigenvalue weighted by Crippen LogP contribution is 2.62. The van der Waals surface area contributed by atoms with Crippen molar-refractivity contribution in [3.63, 3.8) is 0 Å². The van der Waals surface area contributed by atoms with Crippen LogP contribution in [0.25, 0.3) is 109 Å². The van der Waals surface area contributed by atoms with Crippen LogP contribution in [0.15, 0.2) is 194 Å². The van der Waals surface area contributed by atoms with E-state index in [1.165, 1.54) is 27.1 Å². The highest BCUT2D eigenvalue weighted by atomic mass is 14.6. The normalized spacial score (nSPS) is 17.0. The lowest BCUT2D eigenvalue weighted by Crippen LogP contribution is -2.42. The Morgan fingerprint density at radius 2 is 0.698 bits per heavy atom. The Bertz CT molecular complexity index is 4030. The average Bonchev–Trinajstić information content (AvgIpc) is 3.48. The third-order valence-electron chi connectivity index (χ3n) is 15.6. The third-order valence-corrected chi connectivity index (χ3v) is 15.6. The molecule has 1 aliphatic carbocycles. The molecule has 0 aromatic heterocycles. The molecular weight excluding hydrogens is 757 g/mol. The number of hydrogen-bond acceptors (Lipinski definition) is 0. The van der Waals surface area contributed by atoms with E-state index in [-0.39, 0.29) is 62.0 Å². The standard InChI is InChI=1S/C63H50/c1-61(2)55-36-35-42(38-56(55)62(3,4)63(61,5)6)59-48-25-13-11-23-46(48)57(47-24-12-14-26-49(47)59)39-31-33-40(34-32-39)58-50-27-15-17-29-52(50)60(53-30-18-16-28-51(53)58)54-37-41-19-7-8-20-43(41)44-21-9-10-22-45(44)54/h7-38H,1-6H3/i11D,12D,13D,14D,23D,24D,25D,26D. The molecule has 0 bridgehead atoms. The van der Waals surface area contributed by atoms with Crippen LogP contribution in [-0.4, -0.2) is 0 Å². The van der Waals surface area contributed by atoms with E-state index in [0.717, 1.165) is 49.4 Å². The highest BCUT2D eigenvalue weighted by molar-refractivity contribution is 6.26. The zero-order chi connectivity index (χ0) is 49.8. The largest absolute Gasteiger partial charge is 0.0629 e. The fourth-order valence-electron chi connectivity index (χ4n) is 11.2. The molecule has 0 heteroatoms. The average molecular weight is 815 g/mol. The Morgan fingerprint density at radius 1 is 0.317 bits per heavy atom.